The average molecular weight is 757 g/mol. The Hall–Kier alpha value is -3.55. The van der Waals surface area contributed by atoms with Gasteiger partial charge in [-0.2, -0.15) is 0 Å². The molecule has 4 aromatic rings. The van der Waals surface area contributed by atoms with E-state index < -0.39 is 0 Å². The summed E-state index contributed by atoms with van der Waals surface area (Å²) >= 11 is 0. The number of benzene rings is 4. The first-order valence-electron chi connectivity index (χ1n) is 20.0. The molecule has 0 radical (unpaired) electrons. The monoisotopic (exact) mass is 757 g/mol. The van der Waals surface area contributed by atoms with Crippen LogP contribution in [0.3, 0.4) is 0 Å². The molecule has 296 valence electrons. The molecule has 4 atom stereocenters. The number of ether oxygens (including phenoxy) is 2. The quantitative estimate of drug-likeness (QED) is 0.0948. The van der Waals surface area contributed by atoms with E-state index in [4.69, 9.17) is 30.7 Å². The SMILES string of the molecule is COc1ccccc1[N-]C(C)CC(C)[N-]c1c(C(C)C)cccc1C(C)C.COc1ccccc1[N-]C(C)CC(C)[N-]c1c(C(C)C)cccc1C(C)C.[Mg+2]. The van der Waals surface area contributed by atoms with Crippen LogP contribution >= 0.6 is 0 Å². The van der Waals surface area contributed by atoms with Crippen molar-refractivity contribution in [2.24, 2.45) is 0 Å². The zero-order valence-electron chi connectivity index (χ0n) is 36.4. The number of para-hydroxylation sites is 6. The number of hydrogen-bond acceptors (Lipinski definition) is 2. The fourth-order valence-electron chi connectivity index (χ4n) is 6.91. The van der Waals surface area contributed by atoms with Crippen LogP contribution in [0.2, 0.25) is 0 Å². The molecule has 0 aliphatic carbocycles. The minimum Gasteiger partial charge on any atom is -0.681 e. The van der Waals surface area contributed by atoms with Gasteiger partial charge in [0.1, 0.15) is 11.5 Å². The van der Waals surface area contributed by atoms with Gasteiger partial charge in [0.15, 0.2) is 0 Å². The molecule has 4 unspecified atom stereocenters. The topological polar surface area (TPSA) is 74.9 Å². The Balaban J connectivity index is 0.000000373. The Bertz CT molecular complexity index is 1530. The van der Waals surface area contributed by atoms with Gasteiger partial charge in [0, 0.05) is 0 Å². The van der Waals surface area contributed by atoms with E-state index in [1.807, 2.05) is 48.5 Å². The zero-order valence-corrected chi connectivity index (χ0v) is 37.8. The minimum atomic E-state index is 0. The van der Waals surface area contributed by atoms with Crippen molar-refractivity contribution in [1.82, 2.24) is 0 Å². The van der Waals surface area contributed by atoms with E-state index in [0.717, 1.165) is 35.7 Å². The van der Waals surface area contributed by atoms with Gasteiger partial charge in [-0.25, -0.2) is 0 Å². The molecule has 0 saturated heterocycles. The summed E-state index contributed by atoms with van der Waals surface area (Å²) in [4.78, 5) is 0. The van der Waals surface area contributed by atoms with Crippen molar-refractivity contribution in [2.45, 2.75) is 144 Å². The van der Waals surface area contributed by atoms with Crippen LogP contribution in [0.5, 0.6) is 11.5 Å². The second-order valence-electron chi connectivity index (χ2n) is 15.9. The van der Waals surface area contributed by atoms with Crippen LogP contribution in [-0.2, 0) is 0 Å². The molecule has 0 aromatic heterocycles. The van der Waals surface area contributed by atoms with E-state index in [2.05, 4.69) is 119 Å². The minimum absolute atomic E-state index is 0. The van der Waals surface area contributed by atoms with Crippen molar-refractivity contribution in [3.8, 4) is 11.5 Å². The molecule has 0 aliphatic rings. The largest absolute Gasteiger partial charge is 2.00 e. The third-order valence-corrected chi connectivity index (χ3v) is 9.64. The van der Waals surface area contributed by atoms with Gasteiger partial charge in [-0.15, -0.1) is 35.5 Å². The van der Waals surface area contributed by atoms with Crippen LogP contribution in [0.25, 0.3) is 21.3 Å². The Labute approximate surface area is 351 Å². The third kappa shape index (κ3) is 14.5. The van der Waals surface area contributed by atoms with Crippen molar-refractivity contribution in [2.75, 3.05) is 14.2 Å². The molecule has 0 saturated carbocycles. The summed E-state index contributed by atoms with van der Waals surface area (Å²) < 4.78 is 10.8. The molecule has 6 nitrogen and oxygen atoms in total. The smallest absolute Gasteiger partial charge is 0.681 e. The second kappa shape index (κ2) is 23.5. The Kier molecular flexibility index (Phi) is 20.3. The molecule has 0 aliphatic heterocycles. The first-order chi connectivity index (χ1) is 25.7. The van der Waals surface area contributed by atoms with E-state index in [9.17, 15) is 0 Å². The summed E-state index contributed by atoms with van der Waals surface area (Å²) in [7, 11) is 3.38. The maximum absolute atomic E-state index is 5.41. The molecule has 0 bridgehead atoms. The Morgan fingerprint density at radius 3 is 0.927 bits per heavy atom. The van der Waals surface area contributed by atoms with Gasteiger partial charge < -0.3 is 30.7 Å². The van der Waals surface area contributed by atoms with E-state index in [-0.39, 0.29) is 47.2 Å². The first-order valence-corrected chi connectivity index (χ1v) is 20.0. The summed E-state index contributed by atoms with van der Waals surface area (Å²) in [6.07, 6.45) is 1.81. The van der Waals surface area contributed by atoms with Gasteiger partial charge in [-0.3, -0.25) is 0 Å². The molecule has 55 heavy (non-hydrogen) atoms. The molecule has 0 spiro atoms. The van der Waals surface area contributed by atoms with Gasteiger partial charge in [0.2, 0.25) is 0 Å². The molecular weight excluding hydrogens is 689 g/mol. The fourth-order valence-corrected chi connectivity index (χ4v) is 6.91. The number of methoxy groups -OCH3 is 2. The van der Waals surface area contributed by atoms with Crippen molar-refractivity contribution >= 4 is 45.8 Å². The first kappa shape index (κ1) is 47.6. The molecule has 7 heteroatoms. The van der Waals surface area contributed by atoms with Gasteiger partial charge >= 0.3 is 23.1 Å². The van der Waals surface area contributed by atoms with Crippen LogP contribution in [0.4, 0.5) is 22.7 Å². The summed E-state index contributed by atoms with van der Waals surface area (Å²) in [6, 6.07) is 29.8. The van der Waals surface area contributed by atoms with Gasteiger partial charge in [-0.1, -0.05) is 202 Å². The number of hydrogen-bond donors (Lipinski definition) is 0. The molecule has 0 heterocycles. The fraction of sp³-hybridized carbons (Fsp3) is 0.500. The van der Waals surface area contributed by atoms with E-state index >= 15 is 0 Å². The summed E-state index contributed by atoms with van der Waals surface area (Å²) in [5, 5.41) is 20.0. The van der Waals surface area contributed by atoms with Crippen molar-refractivity contribution < 1.29 is 9.47 Å². The van der Waals surface area contributed by atoms with Crippen LogP contribution < -0.4 is 9.47 Å². The van der Waals surface area contributed by atoms with E-state index in [0.29, 0.717) is 23.7 Å². The molecule has 0 amide bonds. The summed E-state index contributed by atoms with van der Waals surface area (Å²) in [5.74, 6) is 3.49. The van der Waals surface area contributed by atoms with Crippen LogP contribution in [0.1, 0.15) is 142 Å². The summed E-state index contributed by atoms with van der Waals surface area (Å²) in [6.45, 7) is 26.6. The van der Waals surface area contributed by atoms with Gasteiger partial charge in [-0.05, 0) is 35.8 Å². The second-order valence-corrected chi connectivity index (χ2v) is 15.9. The van der Waals surface area contributed by atoms with Gasteiger partial charge in [0.05, 0.1) is 14.2 Å². The molecular formula is C48H68MgN4O2-2. The third-order valence-electron chi connectivity index (χ3n) is 9.64. The Morgan fingerprint density at radius 1 is 0.382 bits per heavy atom. The average Bonchev–Trinajstić information content (AvgIpc) is 3.11. The van der Waals surface area contributed by atoms with Crippen molar-refractivity contribution in [1.29, 1.82) is 0 Å². The number of nitrogens with zero attached hydrogens (tertiary/aromatic N) is 4. The van der Waals surface area contributed by atoms with Crippen LogP contribution in [0.15, 0.2) is 84.9 Å². The van der Waals surface area contributed by atoms with E-state index in [1.165, 1.54) is 33.6 Å². The van der Waals surface area contributed by atoms with Crippen molar-refractivity contribution in [3.05, 3.63) is 128 Å². The molecule has 4 aromatic carbocycles. The summed E-state index contributed by atoms with van der Waals surface area (Å²) in [5.41, 5.74) is 9.52. The molecule has 0 N–H and O–H groups in total. The van der Waals surface area contributed by atoms with Crippen molar-refractivity contribution in [3.63, 3.8) is 0 Å². The standard InChI is InChI=1S/2C24H34N2O.Mg/c2*1-16(2)20-11-10-12-21(17(3)4)24(20)26-19(6)15-18(5)25-22-13-8-9-14-23(22)27-7;/h2*8-14,16-19H,15H2,1-7H3;/q2*-2;+2. The zero-order chi connectivity index (χ0) is 39.9. The predicted octanol–water partition coefficient (Wildman–Crippen LogP) is 15.3. The molecule has 0 fully saturated rings. The van der Waals surface area contributed by atoms with E-state index in [1.54, 1.807) is 14.2 Å². The predicted molar refractivity (Wildman–Crippen MR) is 240 cm³/mol. The normalized spacial score (nSPS) is 13.3. The maximum Gasteiger partial charge on any atom is 2.00 e. The maximum atomic E-state index is 5.41. The van der Waals surface area contributed by atoms with Crippen LogP contribution in [-0.4, -0.2) is 61.4 Å². The molecule has 4 rings (SSSR count). The Morgan fingerprint density at radius 2 is 0.655 bits per heavy atom. The van der Waals surface area contributed by atoms with Crippen LogP contribution in [0, 0.1) is 0 Å². The van der Waals surface area contributed by atoms with Gasteiger partial charge in [0.25, 0.3) is 0 Å². The number of rotatable bonds is 18.